The van der Waals surface area contributed by atoms with Gasteiger partial charge in [0.2, 0.25) is 0 Å². The first kappa shape index (κ1) is 17.6. The Hall–Kier alpha value is -2.37. The summed E-state index contributed by atoms with van der Waals surface area (Å²) in [5, 5.41) is 16.2. The highest BCUT2D eigenvalue weighted by molar-refractivity contribution is 5.88. The van der Waals surface area contributed by atoms with Crippen molar-refractivity contribution in [3.8, 4) is 0 Å². The Bertz CT molecular complexity index is 431. The Morgan fingerprint density at radius 3 is 2.10 bits per heavy atom. The van der Waals surface area contributed by atoms with Crippen LogP contribution in [0, 0.1) is 0 Å². The second-order valence-corrected chi connectivity index (χ2v) is 4.24. The second-order valence-electron chi connectivity index (χ2n) is 4.24. The summed E-state index contributed by atoms with van der Waals surface area (Å²) in [5.74, 6) is -2.40. The third-order valence-electron chi connectivity index (χ3n) is 2.08. The van der Waals surface area contributed by atoms with Gasteiger partial charge in [0.15, 0.2) is 0 Å². The Balaban J connectivity index is 0.000000511. The van der Waals surface area contributed by atoms with Gasteiger partial charge in [-0.2, -0.15) is 0 Å². The van der Waals surface area contributed by atoms with E-state index < -0.39 is 17.9 Å². The maximum absolute atomic E-state index is 11.2. The van der Waals surface area contributed by atoms with E-state index in [1.165, 1.54) is 13.0 Å². The number of hydrogen-bond donors (Lipinski definition) is 2. The van der Waals surface area contributed by atoms with Crippen LogP contribution in [0.5, 0.6) is 0 Å². The van der Waals surface area contributed by atoms with Crippen molar-refractivity contribution < 1.29 is 29.3 Å². The molecule has 1 rings (SSSR count). The van der Waals surface area contributed by atoms with Crippen LogP contribution in [0.3, 0.4) is 0 Å². The van der Waals surface area contributed by atoms with Crippen LogP contribution in [0.25, 0.3) is 0 Å². The zero-order valence-electron chi connectivity index (χ0n) is 11.3. The summed E-state index contributed by atoms with van der Waals surface area (Å²) < 4.78 is 4.96. The summed E-state index contributed by atoms with van der Waals surface area (Å²) >= 11 is 0. The molecular weight excluding hydrogens is 264 g/mol. The molecule has 0 saturated heterocycles. The second kappa shape index (κ2) is 8.68. The molecule has 0 bridgehead atoms. The predicted octanol–water partition coefficient (Wildman–Crippen LogP) is 1.93. The number of carboxylic acids is 2. The van der Waals surface area contributed by atoms with Gasteiger partial charge in [-0.3, -0.25) is 0 Å². The maximum atomic E-state index is 11.2. The Kier molecular flexibility index (Phi) is 7.65. The van der Waals surface area contributed by atoms with E-state index in [2.05, 4.69) is 13.2 Å². The van der Waals surface area contributed by atoms with Crippen molar-refractivity contribution in [1.29, 1.82) is 0 Å². The highest BCUT2D eigenvalue weighted by Gasteiger charge is 2.26. The average molecular weight is 282 g/mol. The van der Waals surface area contributed by atoms with Gasteiger partial charge in [-0.25, -0.2) is 14.4 Å². The average Bonchev–Trinajstić information content (AvgIpc) is 3.12. The molecule has 6 heteroatoms. The van der Waals surface area contributed by atoms with Crippen molar-refractivity contribution in [3.05, 3.63) is 36.5 Å². The fourth-order valence-corrected chi connectivity index (χ4v) is 0.806. The van der Waals surface area contributed by atoms with Crippen LogP contribution in [0.1, 0.15) is 26.2 Å². The Morgan fingerprint density at radius 2 is 1.75 bits per heavy atom. The van der Waals surface area contributed by atoms with Gasteiger partial charge < -0.3 is 14.9 Å². The van der Waals surface area contributed by atoms with E-state index in [0.29, 0.717) is 0 Å². The normalized spacial score (nSPS) is 13.1. The van der Waals surface area contributed by atoms with E-state index >= 15 is 0 Å². The molecule has 0 aromatic heterocycles. The molecule has 0 radical (unpaired) electrons. The third-order valence-corrected chi connectivity index (χ3v) is 2.08. The molecule has 1 saturated carbocycles. The molecule has 0 amide bonds. The van der Waals surface area contributed by atoms with E-state index in [0.717, 1.165) is 18.9 Å². The first-order valence-electron chi connectivity index (χ1n) is 5.91. The van der Waals surface area contributed by atoms with E-state index in [-0.39, 0.29) is 23.7 Å². The van der Waals surface area contributed by atoms with Crippen LogP contribution in [0.15, 0.2) is 36.5 Å². The molecule has 0 aromatic rings. The van der Waals surface area contributed by atoms with Crippen LogP contribution in [-0.2, 0) is 19.1 Å². The van der Waals surface area contributed by atoms with Gasteiger partial charge >= 0.3 is 17.9 Å². The van der Waals surface area contributed by atoms with Crippen LogP contribution in [0.2, 0.25) is 0 Å². The van der Waals surface area contributed by atoms with Crippen LogP contribution >= 0.6 is 0 Å². The minimum Gasteiger partial charge on any atom is -0.478 e. The summed E-state index contributed by atoms with van der Waals surface area (Å²) in [5.41, 5.74) is 0.462. The monoisotopic (exact) mass is 282 g/mol. The van der Waals surface area contributed by atoms with E-state index in [1.807, 2.05) is 0 Å². The highest BCUT2D eigenvalue weighted by Crippen LogP contribution is 2.24. The number of esters is 1. The lowest BCUT2D eigenvalue weighted by atomic mass is 10.2. The number of hydrogen-bond acceptors (Lipinski definition) is 4. The van der Waals surface area contributed by atoms with Crippen molar-refractivity contribution in [2.45, 2.75) is 32.3 Å². The van der Waals surface area contributed by atoms with E-state index in [9.17, 15) is 14.4 Å². The summed E-state index contributed by atoms with van der Waals surface area (Å²) in [7, 11) is 0. The zero-order valence-corrected chi connectivity index (χ0v) is 11.3. The number of aliphatic carboxylic acids is 2. The number of carbonyl (C=O) groups is 3. The molecular formula is C14H18O6. The number of ether oxygens (including phenoxy) is 1. The van der Waals surface area contributed by atoms with Crippen molar-refractivity contribution in [3.63, 3.8) is 0 Å². The van der Waals surface area contributed by atoms with Gasteiger partial charge in [-0.1, -0.05) is 19.2 Å². The largest absolute Gasteiger partial charge is 0.478 e. The third kappa shape index (κ3) is 9.64. The number of carboxylic acid groups (broad SMARTS) is 2. The molecule has 6 nitrogen and oxygen atoms in total. The highest BCUT2D eigenvalue weighted by atomic mass is 16.5. The van der Waals surface area contributed by atoms with Crippen molar-refractivity contribution in [2.24, 2.45) is 0 Å². The summed E-state index contributed by atoms with van der Waals surface area (Å²) in [6.07, 6.45) is 4.47. The van der Waals surface area contributed by atoms with E-state index in [1.54, 1.807) is 0 Å². The smallest absolute Gasteiger partial charge is 0.333 e. The molecule has 0 unspecified atom stereocenters. The molecule has 20 heavy (non-hydrogen) atoms. The first-order chi connectivity index (χ1) is 9.23. The quantitative estimate of drug-likeness (QED) is 0.570. The lowest BCUT2D eigenvalue weighted by Gasteiger charge is -2.02. The molecule has 0 aromatic carbocycles. The Labute approximate surface area is 117 Å². The van der Waals surface area contributed by atoms with Crippen molar-refractivity contribution in [2.75, 3.05) is 0 Å². The SMILES string of the molecule is C=C(C)C(=O)O.C=C(CC=CC(=O)O)C(=O)OC1CC1. The molecule has 2 N–H and O–H groups in total. The van der Waals surface area contributed by atoms with Crippen LogP contribution < -0.4 is 0 Å². The molecule has 1 aliphatic carbocycles. The predicted molar refractivity (Wildman–Crippen MR) is 72.1 cm³/mol. The fourth-order valence-electron chi connectivity index (χ4n) is 0.806. The van der Waals surface area contributed by atoms with Gasteiger partial charge in [-0.15, -0.1) is 0 Å². The summed E-state index contributed by atoms with van der Waals surface area (Å²) in [4.78, 5) is 30.9. The van der Waals surface area contributed by atoms with Gasteiger partial charge in [0, 0.05) is 17.2 Å². The molecule has 0 heterocycles. The molecule has 1 fully saturated rings. The lowest BCUT2D eigenvalue weighted by Crippen LogP contribution is -2.08. The van der Waals surface area contributed by atoms with Gasteiger partial charge in [-0.05, 0) is 26.2 Å². The zero-order chi connectivity index (χ0) is 15.7. The minimum atomic E-state index is -1.03. The van der Waals surface area contributed by atoms with Gasteiger partial charge in [0.25, 0.3) is 0 Å². The van der Waals surface area contributed by atoms with Crippen molar-refractivity contribution in [1.82, 2.24) is 0 Å². The lowest BCUT2D eigenvalue weighted by molar-refractivity contribution is -0.140. The fraction of sp³-hybridized carbons (Fsp3) is 0.357. The number of carbonyl (C=O) groups excluding carboxylic acids is 1. The first-order valence-corrected chi connectivity index (χ1v) is 5.91. The van der Waals surface area contributed by atoms with Crippen LogP contribution in [-0.4, -0.2) is 34.2 Å². The van der Waals surface area contributed by atoms with Gasteiger partial charge in [0.05, 0.1) is 0 Å². The molecule has 110 valence electrons. The summed E-state index contributed by atoms with van der Waals surface area (Å²) in [6, 6.07) is 0. The topological polar surface area (TPSA) is 101 Å². The maximum Gasteiger partial charge on any atom is 0.333 e. The van der Waals surface area contributed by atoms with E-state index in [4.69, 9.17) is 14.9 Å². The molecule has 0 spiro atoms. The molecule has 0 atom stereocenters. The standard InChI is InChI=1S/C10H12O4.C4H6O2/c1-7(3-2-4-9(11)12)10(13)14-8-5-6-8;1-3(2)4(5)6/h2,4,8H,1,3,5-6H2,(H,11,12);1H2,2H3,(H,5,6). The van der Waals surface area contributed by atoms with Crippen LogP contribution in [0.4, 0.5) is 0 Å². The van der Waals surface area contributed by atoms with Crippen molar-refractivity contribution >= 4 is 17.9 Å². The molecule has 0 aliphatic heterocycles. The minimum absolute atomic E-state index is 0.0581. The van der Waals surface area contributed by atoms with Gasteiger partial charge in [0.1, 0.15) is 6.10 Å². The number of rotatable bonds is 6. The summed E-state index contributed by atoms with van der Waals surface area (Å²) in [6.45, 7) is 8.12. The Morgan fingerprint density at radius 1 is 1.25 bits per heavy atom. The molecule has 1 aliphatic rings. The number of allylic oxidation sites excluding steroid dienone is 1.